The number of amides is 1. The molecule has 0 atom stereocenters. The van der Waals surface area contributed by atoms with E-state index in [-0.39, 0.29) is 5.91 Å². The van der Waals surface area contributed by atoms with Crippen molar-refractivity contribution in [1.29, 1.82) is 0 Å². The number of hydrogen-bond donors (Lipinski definition) is 2. The summed E-state index contributed by atoms with van der Waals surface area (Å²) < 4.78 is 5.10. The largest absolute Gasteiger partial charge is 0.497 e. The Balaban J connectivity index is 1.82. The molecule has 24 heavy (non-hydrogen) atoms. The van der Waals surface area contributed by atoms with E-state index >= 15 is 0 Å². The molecule has 0 radical (unpaired) electrons. The number of nitrogens with two attached hydrogens (primary N) is 1. The third-order valence-electron chi connectivity index (χ3n) is 4.16. The molecule has 3 N–H and O–H groups in total. The molecule has 1 aliphatic heterocycles. The molecule has 0 unspecified atom stereocenters. The highest BCUT2D eigenvalue weighted by Crippen LogP contribution is 2.35. The Kier molecular flexibility index (Phi) is 4.81. The zero-order valence-corrected chi connectivity index (χ0v) is 14.3. The molecule has 6 heteroatoms. The van der Waals surface area contributed by atoms with Gasteiger partial charge in [-0.25, -0.2) is 0 Å². The number of carbonyl (C=O) groups is 1. The van der Waals surface area contributed by atoms with Crippen LogP contribution >= 0.6 is 11.6 Å². The first kappa shape index (κ1) is 16.5. The Labute approximate surface area is 146 Å². The Morgan fingerprint density at radius 3 is 2.50 bits per heavy atom. The van der Waals surface area contributed by atoms with Crippen molar-refractivity contribution in [2.24, 2.45) is 0 Å². The summed E-state index contributed by atoms with van der Waals surface area (Å²) in [4.78, 5) is 14.6. The number of benzene rings is 2. The van der Waals surface area contributed by atoms with Gasteiger partial charge in [0.25, 0.3) is 5.91 Å². The molecule has 0 spiro atoms. The number of halogens is 1. The van der Waals surface area contributed by atoms with E-state index in [9.17, 15) is 4.79 Å². The van der Waals surface area contributed by atoms with E-state index in [0.717, 1.165) is 31.6 Å². The van der Waals surface area contributed by atoms with Crippen LogP contribution in [0.2, 0.25) is 5.02 Å². The van der Waals surface area contributed by atoms with E-state index in [2.05, 4.69) is 10.2 Å². The summed E-state index contributed by atoms with van der Waals surface area (Å²) in [5, 5.41) is 3.29. The van der Waals surface area contributed by atoms with Gasteiger partial charge in [-0.15, -0.1) is 0 Å². The molecule has 1 fully saturated rings. The van der Waals surface area contributed by atoms with Crippen molar-refractivity contribution in [1.82, 2.24) is 0 Å². The number of carbonyl (C=O) groups excluding carboxylic acids is 1. The van der Waals surface area contributed by atoms with Gasteiger partial charge in [0.15, 0.2) is 0 Å². The highest BCUT2D eigenvalue weighted by Gasteiger charge is 2.18. The zero-order chi connectivity index (χ0) is 17.1. The molecule has 0 bridgehead atoms. The first-order valence-electron chi connectivity index (χ1n) is 7.88. The lowest BCUT2D eigenvalue weighted by Crippen LogP contribution is -2.20. The predicted octanol–water partition coefficient (Wildman–Crippen LogP) is 3.78. The van der Waals surface area contributed by atoms with Gasteiger partial charge in [-0.2, -0.15) is 0 Å². The average Bonchev–Trinajstić information content (AvgIpc) is 3.11. The third kappa shape index (κ3) is 3.41. The Bertz CT molecular complexity index is 741. The van der Waals surface area contributed by atoms with Crippen LogP contribution in [-0.4, -0.2) is 26.1 Å². The predicted molar refractivity (Wildman–Crippen MR) is 98.3 cm³/mol. The molecule has 126 valence electrons. The van der Waals surface area contributed by atoms with E-state index < -0.39 is 0 Å². The van der Waals surface area contributed by atoms with Gasteiger partial charge in [-0.05, 0) is 49.2 Å². The van der Waals surface area contributed by atoms with Crippen LogP contribution in [-0.2, 0) is 0 Å². The van der Waals surface area contributed by atoms with Crippen molar-refractivity contribution in [3.8, 4) is 5.75 Å². The van der Waals surface area contributed by atoms with Gasteiger partial charge in [0.05, 0.1) is 29.2 Å². The zero-order valence-electron chi connectivity index (χ0n) is 13.5. The highest BCUT2D eigenvalue weighted by atomic mass is 35.5. The van der Waals surface area contributed by atoms with E-state index in [1.54, 1.807) is 37.4 Å². The average molecular weight is 346 g/mol. The topological polar surface area (TPSA) is 67.6 Å². The normalized spacial score (nSPS) is 13.8. The minimum Gasteiger partial charge on any atom is -0.497 e. The number of anilines is 3. The fourth-order valence-electron chi connectivity index (χ4n) is 2.84. The smallest absolute Gasteiger partial charge is 0.255 e. The van der Waals surface area contributed by atoms with Crippen LogP contribution in [0, 0.1) is 0 Å². The number of nitrogens with one attached hydrogen (secondary N) is 1. The summed E-state index contributed by atoms with van der Waals surface area (Å²) in [5.74, 6) is 0.477. The van der Waals surface area contributed by atoms with Gasteiger partial charge in [-0.1, -0.05) is 11.6 Å². The Hall–Kier alpha value is -2.40. The van der Waals surface area contributed by atoms with Crippen molar-refractivity contribution in [3.05, 3.63) is 47.0 Å². The second-order valence-electron chi connectivity index (χ2n) is 5.77. The van der Waals surface area contributed by atoms with Crippen LogP contribution in [0.1, 0.15) is 23.2 Å². The second-order valence-corrected chi connectivity index (χ2v) is 6.17. The molecular formula is C18H20ClN3O2. The molecule has 0 saturated carbocycles. The van der Waals surface area contributed by atoms with Crippen LogP contribution in [0.3, 0.4) is 0 Å². The molecular weight excluding hydrogens is 326 g/mol. The van der Waals surface area contributed by atoms with E-state index in [1.165, 1.54) is 0 Å². The van der Waals surface area contributed by atoms with Gasteiger partial charge < -0.3 is 20.7 Å². The maximum atomic E-state index is 12.4. The van der Waals surface area contributed by atoms with Crippen LogP contribution < -0.4 is 20.7 Å². The quantitative estimate of drug-likeness (QED) is 0.827. The lowest BCUT2D eigenvalue weighted by Gasteiger charge is -2.21. The number of methoxy groups -OCH3 is 1. The number of rotatable bonds is 4. The summed E-state index contributed by atoms with van der Waals surface area (Å²) in [6, 6.07) is 10.5. The monoisotopic (exact) mass is 345 g/mol. The fourth-order valence-corrected chi connectivity index (χ4v) is 3.06. The summed E-state index contributed by atoms with van der Waals surface area (Å²) in [6.45, 7) is 1.94. The third-order valence-corrected chi connectivity index (χ3v) is 4.48. The standard InChI is InChI=1S/C18H20ClN3O2/c1-24-13-6-4-12(5-7-13)18(23)21-16-11-17(15(20)10-14(16)19)22-8-2-3-9-22/h4-7,10-11H,2-3,8-9,20H2,1H3,(H,21,23). The summed E-state index contributed by atoms with van der Waals surface area (Å²) in [6.07, 6.45) is 2.30. The lowest BCUT2D eigenvalue weighted by atomic mass is 10.2. The van der Waals surface area contributed by atoms with Crippen LogP contribution in [0.15, 0.2) is 36.4 Å². The molecule has 0 aliphatic carbocycles. The summed E-state index contributed by atoms with van der Waals surface area (Å²) in [5.41, 5.74) is 8.74. The number of nitrogens with zero attached hydrogens (tertiary/aromatic N) is 1. The number of ether oxygens (including phenoxy) is 1. The Morgan fingerprint density at radius 2 is 1.88 bits per heavy atom. The van der Waals surface area contributed by atoms with Crippen molar-refractivity contribution in [3.63, 3.8) is 0 Å². The molecule has 1 aliphatic rings. The molecule has 2 aromatic rings. The molecule has 1 saturated heterocycles. The number of nitrogen functional groups attached to an aromatic ring is 1. The van der Waals surface area contributed by atoms with E-state index in [0.29, 0.717) is 27.7 Å². The molecule has 0 aromatic heterocycles. The maximum Gasteiger partial charge on any atom is 0.255 e. The molecule has 5 nitrogen and oxygen atoms in total. The highest BCUT2D eigenvalue weighted by molar-refractivity contribution is 6.34. The van der Waals surface area contributed by atoms with Crippen molar-refractivity contribution in [2.45, 2.75) is 12.8 Å². The van der Waals surface area contributed by atoms with E-state index in [4.69, 9.17) is 22.1 Å². The van der Waals surface area contributed by atoms with Gasteiger partial charge in [0.1, 0.15) is 5.75 Å². The van der Waals surface area contributed by atoms with Crippen molar-refractivity contribution >= 4 is 34.6 Å². The molecule has 1 amide bonds. The van der Waals surface area contributed by atoms with Gasteiger partial charge in [0.2, 0.25) is 0 Å². The first-order chi connectivity index (χ1) is 11.6. The Morgan fingerprint density at radius 1 is 1.21 bits per heavy atom. The first-order valence-corrected chi connectivity index (χ1v) is 8.25. The van der Waals surface area contributed by atoms with Crippen LogP contribution in [0.25, 0.3) is 0 Å². The van der Waals surface area contributed by atoms with Crippen LogP contribution in [0.5, 0.6) is 5.75 Å². The van der Waals surface area contributed by atoms with E-state index in [1.807, 2.05) is 6.07 Å². The summed E-state index contributed by atoms with van der Waals surface area (Å²) in [7, 11) is 1.59. The molecule has 3 rings (SSSR count). The minimum absolute atomic E-state index is 0.225. The fraction of sp³-hybridized carbons (Fsp3) is 0.278. The van der Waals surface area contributed by atoms with Crippen molar-refractivity contribution in [2.75, 3.05) is 36.1 Å². The van der Waals surface area contributed by atoms with Gasteiger partial charge >= 0.3 is 0 Å². The maximum absolute atomic E-state index is 12.4. The van der Waals surface area contributed by atoms with Crippen LogP contribution in [0.4, 0.5) is 17.1 Å². The van der Waals surface area contributed by atoms with Gasteiger partial charge in [-0.3, -0.25) is 4.79 Å². The minimum atomic E-state index is -0.225. The number of hydrogen-bond acceptors (Lipinski definition) is 4. The molecule has 2 aromatic carbocycles. The summed E-state index contributed by atoms with van der Waals surface area (Å²) >= 11 is 6.25. The second kappa shape index (κ2) is 7.01. The lowest BCUT2D eigenvalue weighted by molar-refractivity contribution is 0.102. The van der Waals surface area contributed by atoms with Gasteiger partial charge in [0, 0.05) is 18.7 Å². The SMILES string of the molecule is COc1ccc(C(=O)Nc2cc(N3CCCC3)c(N)cc2Cl)cc1. The molecule has 1 heterocycles. The van der Waals surface area contributed by atoms with Crippen molar-refractivity contribution < 1.29 is 9.53 Å².